The second-order valence-electron chi connectivity index (χ2n) is 4.11. The number of halogens is 1. The third kappa shape index (κ3) is 2.34. The number of nitrogens with one attached hydrogen (secondary N) is 2. The van der Waals surface area contributed by atoms with Gasteiger partial charge in [-0.1, -0.05) is 15.9 Å². The quantitative estimate of drug-likeness (QED) is 0.711. The van der Waals surface area contributed by atoms with E-state index in [1.165, 1.54) is 0 Å². The van der Waals surface area contributed by atoms with Crippen molar-refractivity contribution in [3.8, 4) is 0 Å². The highest BCUT2D eigenvalue weighted by molar-refractivity contribution is 9.10. The Bertz CT molecular complexity index is 779. The Morgan fingerprint density at radius 2 is 2.35 bits per heavy atom. The number of benzene rings is 1. The first kappa shape index (κ1) is 12.9. The molecule has 8 heteroatoms. The second kappa shape index (κ2) is 5.12. The van der Waals surface area contributed by atoms with E-state index in [9.17, 15) is 4.79 Å². The zero-order chi connectivity index (χ0) is 14.1. The summed E-state index contributed by atoms with van der Waals surface area (Å²) in [5.74, 6) is 0.699. The van der Waals surface area contributed by atoms with Crippen molar-refractivity contribution >= 4 is 44.7 Å². The second-order valence-corrected chi connectivity index (χ2v) is 5.03. The molecule has 2 aromatic heterocycles. The van der Waals surface area contributed by atoms with Crippen molar-refractivity contribution in [2.45, 2.75) is 6.92 Å². The molecule has 3 rings (SSSR count). The molecule has 3 aromatic rings. The number of aromatic amines is 1. The summed E-state index contributed by atoms with van der Waals surface area (Å²) in [6, 6.07) is 5.79. The van der Waals surface area contributed by atoms with Crippen molar-refractivity contribution < 1.29 is 9.53 Å². The summed E-state index contributed by atoms with van der Waals surface area (Å²) >= 11 is 3.40. The van der Waals surface area contributed by atoms with E-state index in [0.717, 1.165) is 15.5 Å². The maximum Gasteiger partial charge on any atom is 0.325 e. The van der Waals surface area contributed by atoms with Crippen LogP contribution < -0.4 is 5.32 Å². The van der Waals surface area contributed by atoms with E-state index in [1.807, 2.05) is 18.2 Å². The number of hydrogen-bond acceptors (Lipinski definition) is 5. The summed E-state index contributed by atoms with van der Waals surface area (Å²) in [4.78, 5) is 19.9. The molecular weight excluding hydrogens is 326 g/mol. The molecule has 7 nitrogen and oxygen atoms in total. The number of rotatable bonds is 4. The molecule has 1 aromatic carbocycles. The van der Waals surface area contributed by atoms with Crippen molar-refractivity contribution in [1.29, 1.82) is 0 Å². The van der Waals surface area contributed by atoms with Gasteiger partial charge in [0.1, 0.15) is 6.54 Å². The molecule has 104 valence electrons. The predicted molar refractivity (Wildman–Crippen MR) is 77.7 cm³/mol. The summed E-state index contributed by atoms with van der Waals surface area (Å²) in [6.07, 6.45) is 0. The van der Waals surface area contributed by atoms with Gasteiger partial charge < -0.3 is 10.1 Å². The molecule has 0 saturated carbocycles. The van der Waals surface area contributed by atoms with E-state index in [0.29, 0.717) is 18.3 Å². The number of aromatic nitrogens is 4. The average Bonchev–Trinajstić information content (AvgIpc) is 2.93. The third-order valence-corrected chi connectivity index (χ3v) is 3.23. The lowest BCUT2D eigenvalue weighted by Crippen LogP contribution is -2.17. The number of nitrogens with zero attached hydrogens (tertiary/aromatic N) is 3. The Balaban J connectivity index is 1.86. The van der Waals surface area contributed by atoms with Crippen molar-refractivity contribution in [3.05, 3.63) is 22.7 Å². The van der Waals surface area contributed by atoms with E-state index in [4.69, 9.17) is 4.74 Å². The lowest BCUT2D eigenvalue weighted by molar-refractivity contribution is -0.140. The number of carbonyl (C=O) groups excluding carboxylic acids is 1. The Morgan fingerprint density at radius 3 is 3.15 bits per heavy atom. The van der Waals surface area contributed by atoms with Crippen LogP contribution in [-0.2, 0) is 9.53 Å². The smallest absolute Gasteiger partial charge is 0.325 e. The number of carbonyl (C=O) groups is 1. The van der Waals surface area contributed by atoms with Crippen molar-refractivity contribution in [1.82, 2.24) is 19.6 Å². The maximum atomic E-state index is 11.3. The van der Waals surface area contributed by atoms with Crippen LogP contribution in [0.4, 0.5) is 5.95 Å². The van der Waals surface area contributed by atoms with E-state index in [2.05, 4.69) is 36.3 Å². The van der Waals surface area contributed by atoms with Gasteiger partial charge in [0.25, 0.3) is 5.78 Å². The number of anilines is 1. The summed E-state index contributed by atoms with van der Waals surface area (Å²) in [7, 11) is 0. The highest BCUT2D eigenvalue weighted by Crippen LogP contribution is 2.20. The SMILES string of the molecule is CCOC(=O)CNc1nc2nc3cc(Br)ccc3n2[nH]1. The molecule has 0 aliphatic rings. The molecule has 0 bridgehead atoms. The zero-order valence-electron chi connectivity index (χ0n) is 10.7. The average molecular weight is 338 g/mol. The zero-order valence-corrected chi connectivity index (χ0v) is 12.3. The van der Waals surface area contributed by atoms with Gasteiger partial charge in [-0.25, -0.2) is 9.50 Å². The van der Waals surface area contributed by atoms with Crippen LogP contribution in [0.5, 0.6) is 0 Å². The molecule has 0 aliphatic carbocycles. The summed E-state index contributed by atoms with van der Waals surface area (Å²) < 4.78 is 7.56. The Labute approximate surface area is 122 Å². The fourth-order valence-electron chi connectivity index (χ4n) is 1.90. The van der Waals surface area contributed by atoms with Gasteiger partial charge in [0.15, 0.2) is 0 Å². The Kier molecular flexibility index (Phi) is 3.31. The fraction of sp³-hybridized carbons (Fsp3) is 0.250. The third-order valence-electron chi connectivity index (χ3n) is 2.73. The lowest BCUT2D eigenvalue weighted by Gasteiger charge is -2.01. The van der Waals surface area contributed by atoms with Crippen LogP contribution in [0.3, 0.4) is 0 Å². The molecule has 0 amide bonds. The van der Waals surface area contributed by atoms with Gasteiger partial charge in [-0.15, -0.1) is 0 Å². The van der Waals surface area contributed by atoms with Gasteiger partial charge in [0.2, 0.25) is 5.95 Å². The van der Waals surface area contributed by atoms with Crippen LogP contribution in [0.2, 0.25) is 0 Å². The van der Waals surface area contributed by atoms with Gasteiger partial charge in [-0.05, 0) is 25.1 Å². The fourth-order valence-corrected chi connectivity index (χ4v) is 2.25. The number of esters is 1. The normalized spacial score (nSPS) is 11.1. The van der Waals surface area contributed by atoms with Gasteiger partial charge in [0, 0.05) is 4.47 Å². The minimum absolute atomic E-state index is 0.0635. The van der Waals surface area contributed by atoms with Crippen LogP contribution in [0.25, 0.3) is 16.8 Å². The molecule has 2 heterocycles. The van der Waals surface area contributed by atoms with E-state index in [1.54, 1.807) is 11.4 Å². The first-order valence-electron chi connectivity index (χ1n) is 6.10. The molecule has 0 unspecified atom stereocenters. The van der Waals surface area contributed by atoms with E-state index >= 15 is 0 Å². The van der Waals surface area contributed by atoms with Crippen LogP contribution in [-0.4, -0.2) is 38.7 Å². The standard InChI is InChI=1S/C12H12BrN5O2/c1-2-20-10(19)6-14-11-16-12-15-8-5-7(13)3-4-9(8)18(12)17-11/h3-5H,2,6H2,1H3,(H2,14,15,16,17). The summed E-state index contributed by atoms with van der Waals surface area (Å²) in [5.41, 5.74) is 1.76. The first-order chi connectivity index (χ1) is 9.67. The summed E-state index contributed by atoms with van der Waals surface area (Å²) in [6.45, 7) is 2.19. The molecule has 20 heavy (non-hydrogen) atoms. The molecular formula is C12H12BrN5O2. The van der Waals surface area contributed by atoms with Crippen LogP contribution in [0, 0.1) is 0 Å². The maximum absolute atomic E-state index is 11.3. The largest absolute Gasteiger partial charge is 0.465 e. The van der Waals surface area contributed by atoms with Crippen molar-refractivity contribution in [2.75, 3.05) is 18.5 Å². The highest BCUT2D eigenvalue weighted by atomic mass is 79.9. The molecule has 0 aliphatic heterocycles. The molecule has 0 saturated heterocycles. The number of imidazole rings is 1. The Hall–Kier alpha value is -2.09. The van der Waals surface area contributed by atoms with Crippen molar-refractivity contribution in [2.24, 2.45) is 0 Å². The van der Waals surface area contributed by atoms with Crippen LogP contribution >= 0.6 is 15.9 Å². The number of H-pyrrole nitrogens is 1. The van der Waals surface area contributed by atoms with Gasteiger partial charge in [0.05, 0.1) is 17.6 Å². The molecule has 0 atom stereocenters. The van der Waals surface area contributed by atoms with Gasteiger partial charge in [-0.3, -0.25) is 9.89 Å². The number of fused-ring (bicyclic) bond motifs is 3. The first-order valence-corrected chi connectivity index (χ1v) is 6.90. The van der Waals surface area contributed by atoms with Crippen LogP contribution in [0.15, 0.2) is 22.7 Å². The molecule has 2 N–H and O–H groups in total. The lowest BCUT2D eigenvalue weighted by atomic mass is 10.3. The Morgan fingerprint density at radius 1 is 1.50 bits per heavy atom. The van der Waals surface area contributed by atoms with Crippen LogP contribution in [0.1, 0.15) is 6.92 Å². The highest BCUT2D eigenvalue weighted by Gasteiger charge is 2.10. The topological polar surface area (TPSA) is 84.3 Å². The van der Waals surface area contributed by atoms with Gasteiger partial charge in [-0.2, -0.15) is 4.98 Å². The monoisotopic (exact) mass is 337 g/mol. The van der Waals surface area contributed by atoms with Gasteiger partial charge >= 0.3 is 5.97 Å². The number of ether oxygens (including phenoxy) is 1. The molecule has 0 radical (unpaired) electrons. The predicted octanol–water partition coefficient (Wildman–Crippen LogP) is 1.95. The van der Waals surface area contributed by atoms with E-state index < -0.39 is 0 Å². The number of hydrogen-bond donors (Lipinski definition) is 2. The molecule has 0 spiro atoms. The summed E-state index contributed by atoms with van der Waals surface area (Å²) in [5, 5.41) is 5.91. The van der Waals surface area contributed by atoms with Crippen molar-refractivity contribution in [3.63, 3.8) is 0 Å². The minimum atomic E-state index is -0.324. The minimum Gasteiger partial charge on any atom is -0.465 e. The van der Waals surface area contributed by atoms with E-state index in [-0.39, 0.29) is 12.5 Å². The molecule has 0 fully saturated rings.